The molecule has 0 bridgehead atoms. The summed E-state index contributed by atoms with van der Waals surface area (Å²) in [4.78, 5) is 9.97. The Labute approximate surface area is 97.1 Å². The predicted molar refractivity (Wildman–Crippen MR) is 59.5 cm³/mol. The number of rotatable bonds is 5. The zero-order valence-electron chi connectivity index (χ0n) is 8.30. The van der Waals surface area contributed by atoms with Crippen molar-refractivity contribution in [2.24, 2.45) is 0 Å². The third-order valence-electron chi connectivity index (χ3n) is 1.85. The maximum atomic E-state index is 10.5. The first kappa shape index (κ1) is 12.5. The van der Waals surface area contributed by atoms with Crippen molar-refractivity contribution in [1.29, 1.82) is 0 Å². The highest BCUT2D eigenvalue weighted by Gasteiger charge is 2.10. The molecule has 16 heavy (non-hydrogen) atoms. The number of nitro groups is 1. The topological polar surface area (TPSA) is 72.6 Å². The average Bonchev–Trinajstić information content (AvgIpc) is 2.29. The van der Waals surface area contributed by atoms with Crippen LogP contribution in [0.2, 0.25) is 0 Å². The quantitative estimate of drug-likeness (QED) is 0.636. The van der Waals surface area contributed by atoms with E-state index in [4.69, 9.17) is 21.4 Å². The SMILES string of the molecule is O=[N+]([O-])c1ccc(OC/C=C/Cl)c(CO)c1. The number of aliphatic hydroxyl groups is 1. The van der Waals surface area contributed by atoms with Gasteiger partial charge in [0.15, 0.2) is 0 Å². The minimum atomic E-state index is -0.526. The van der Waals surface area contributed by atoms with Gasteiger partial charge in [-0.2, -0.15) is 0 Å². The van der Waals surface area contributed by atoms with Crippen LogP contribution in [0.5, 0.6) is 5.75 Å². The van der Waals surface area contributed by atoms with Crippen LogP contribution in [0.25, 0.3) is 0 Å². The monoisotopic (exact) mass is 243 g/mol. The summed E-state index contributed by atoms with van der Waals surface area (Å²) in [6, 6.07) is 4.05. The van der Waals surface area contributed by atoms with Crippen LogP contribution in [0.1, 0.15) is 5.56 Å². The van der Waals surface area contributed by atoms with E-state index < -0.39 is 4.92 Å². The van der Waals surface area contributed by atoms with Crippen LogP contribution in [0.15, 0.2) is 29.8 Å². The molecule has 0 unspecified atom stereocenters. The van der Waals surface area contributed by atoms with E-state index >= 15 is 0 Å². The van der Waals surface area contributed by atoms with Crippen molar-refractivity contribution in [3.8, 4) is 5.75 Å². The van der Waals surface area contributed by atoms with Gasteiger partial charge in [-0.15, -0.1) is 0 Å². The van der Waals surface area contributed by atoms with Crippen LogP contribution < -0.4 is 4.74 Å². The molecule has 6 heteroatoms. The molecule has 0 heterocycles. The molecule has 0 atom stereocenters. The average molecular weight is 244 g/mol. The van der Waals surface area contributed by atoms with E-state index in [-0.39, 0.29) is 18.9 Å². The number of non-ortho nitro benzene ring substituents is 1. The third kappa shape index (κ3) is 3.22. The van der Waals surface area contributed by atoms with E-state index in [0.717, 1.165) is 0 Å². The highest BCUT2D eigenvalue weighted by molar-refractivity contribution is 6.25. The van der Waals surface area contributed by atoms with Crippen molar-refractivity contribution in [1.82, 2.24) is 0 Å². The maximum absolute atomic E-state index is 10.5. The Bertz CT molecular complexity index is 406. The normalized spacial score (nSPS) is 10.6. The molecular formula is C10H10ClNO4. The van der Waals surface area contributed by atoms with Gasteiger partial charge in [0.2, 0.25) is 0 Å². The van der Waals surface area contributed by atoms with Crippen LogP contribution in [0.4, 0.5) is 5.69 Å². The molecule has 0 aliphatic carbocycles. The number of nitrogens with zero attached hydrogens (tertiary/aromatic N) is 1. The van der Waals surface area contributed by atoms with Crippen LogP contribution in [0, 0.1) is 10.1 Å². The lowest BCUT2D eigenvalue weighted by atomic mass is 10.2. The summed E-state index contributed by atoms with van der Waals surface area (Å²) in [6.07, 6.45) is 1.57. The lowest BCUT2D eigenvalue weighted by molar-refractivity contribution is -0.385. The summed E-state index contributed by atoms with van der Waals surface area (Å²) in [7, 11) is 0. The molecule has 0 radical (unpaired) electrons. The molecule has 0 fully saturated rings. The Hall–Kier alpha value is -1.59. The van der Waals surface area contributed by atoms with E-state index in [2.05, 4.69) is 0 Å². The second-order valence-corrected chi connectivity index (χ2v) is 3.13. The van der Waals surface area contributed by atoms with Crippen LogP contribution >= 0.6 is 11.6 Å². The number of benzene rings is 1. The van der Waals surface area contributed by atoms with Gasteiger partial charge < -0.3 is 9.84 Å². The summed E-state index contributed by atoms with van der Waals surface area (Å²) in [5, 5.41) is 19.5. The fourth-order valence-corrected chi connectivity index (χ4v) is 1.19. The number of aliphatic hydroxyl groups excluding tert-OH is 1. The van der Waals surface area contributed by atoms with Gasteiger partial charge in [-0.05, 0) is 12.1 Å². The zero-order chi connectivity index (χ0) is 12.0. The van der Waals surface area contributed by atoms with E-state index in [1.54, 1.807) is 6.08 Å². The molecule has 1 aromatic rings. The van der Waals surface area contributed by atoms with E-state index in [0.29, 0.717) is 11.3 Å². The summed E-state index contributed by atoms with van der Waals surface area (Å²) in [5.41, 5.74) is 1.60. The van der Waals surface area contributed by atoms with Crippen molar-refractivity contribution in [3.63, 3.8) is 0 Å². The molecular weight excluding hydrogens is 234 g/mol. The molecule has 0 aliphatic rings. The first-order valence-corrected chi connectivity index (χ1v) is 4.89. The number of ether oxygens (including phenoxy) is 1. The van der Waals surface area contributed by atoms with Crippen molar-refractivity contribution < 1.29 is 14.8 Å². The Morgan fingerprint density at radius 3 is 2.88 bits per heavy atom. The van der Waals surface area contributed by atoms with E-state index in [1.165, 1.54) is 23.7 Å². The summed E-state index contributed by atoms with van der Waals surface area (Å²) in [5.74, 6) is 0.405. The Morgan fingerprint density at radius 2 is 2.31 bits per heavy atom. The second-order valence-electron chi connectivity index (χ2n) is 2.88. The Morgan fingerprint density at radius 1 is 1.56 bits per heavy atom. The highest BCUT2D eigenvalue weighted by Crippen LogP contribution is 2.24. The molecule has 0 spiro atoms. The van der Waals surface area contributed by atoms with Gasteiger partial charge in [0.25, 0.3) is 5.69 Å². The van der Waals surface area contributed by atoms with E-state index in [9.17, 15) is 10.1 Å². The van der Waals surface area contributed by atoms with Gasteiger partial charge in [-0.1, -0.05) is 11.6 Å². The molecule has 1 rings (SSSR count). The molecule has 0 amide bonds. The molecule has 86 valence electrons. The van der Waals surface area contributed by atoms with Gasteiger partial charge >= 0.3 is 0 Å². The number of hydrogen-bond donors (Lipinski definition) is 1. The van der Waals surface area contributed by atoms with Gasteiger partial charge in [-0.25, -0.2) is 0 Å². The van der Waals surface area contributed by atoms with Crippen LogP contribution in [-0.2, 0) is 6.61 Å². The van der Waals surface area contributed by atoms with Crippen LogP contribution in [0.3, 0.4) is 0 Å². The summed E-state index contributed by atoms with van der Waals surface area (Å²) >= 11 is 5.31. The first-order valence-electron chi connectivity index (χ1n) is 4.45. The maximum Gasteiger partial charge on any atom is 0.270 e. The van der Waals surface area contributed by atoms with Gasteiger partial charge in [0, 0.05) is 23.2 Å². The lowest BCUT2D eigenvalue weighted by Gasteiger charge is -2.07. The molecule has 0 saturated heterocycles. The molecule has 0 aliphatic heterocycles. The molecule has 0 aromatic heterocycles. The second kappa shape index (κ2) is 6.09. The number of halogens is 1. The smallest absolute Gasteiger partial charge is 0.270 e. The molecule has 1 N–H and O–H groups in total. The molecule has 0 saturated carbocycles. The Kier molecular flexibility index (Phi) is 4.75. The van der Waals surface area contributed by atoms with Gasteiger partial charge in [-0.3, -0.25) is 10.1 Å². The van der Waals surface area contributed by atoms with Crippen LogP contribution in [-0.4, -0.2) is 16.6 Å². The fourth-order valence-electron chi connectivity index (χ4n) is 1.12. The van der Waals surface area contributed by atoms with Gasteiger partial charge in [0.1, 0.15) is 12.4 Å². The fraction of sp³-hybridized carbons (Fsp3) is 0.200. The molecule has 1 aromatic carbocycles. The van der Waals surface area contributed by atoms with Crippen molar-refractivity contribution >= 4 is 17.3 Å². The van der Waals surface area contributed by atoms with Crippen molar-refractivity contribution in [3.05, 3.63) is 45.5 Å². The largest absolute Gasteiger partial charge is 0.489 e. The predicted octanol–water partition coefficient (Wildman–Crippen LogP) is 2.22. The summed E-state index contributed by atoms with van der Waals surface area (Å²) in [6.45, 7) is -0.0735. The minimum absolute atomic E-state index is 0.0794. The van der Waals surface area contributed by atoms with Crippen molar-refractivity contribution in [2.45, 2.75) is 6.61 Å². The third-order valence-corrected chi connectivity index (χ3v) is 2.03. The molecule has 5 nitrogen and oxygen atoms in total. The lowest BCUT2D eigenvalue weighted by Crippen LogP contribution is -1.99. The van der Waals surface area contributed by atoms with Gasteiger partial charge in [0.05, 0.1) is 11.5 Å². The highest BCUT2D eigenvalue weighted by atomic mass is 35.5. The number of hydrogen-bond acceptors (Lipinski definition) is 4. The standard InChI is InChI=1S/C10H10ClNO4/c11-4-1-5-16-10-3-2-9(12(14)15)6-8(10)7-13/h1-4,6,13H,5,7H2/b4-1+. The summed E-state index contributed by atoms with van der Waals surface area (Å²) < 4.78 is 5.25. The number of nitro benzene ring substituents is 1. The zero-order valence-corrected chi connectivity index (χ0v) is 9.05. The van der Waals surface area contributed by atoms with Crippen molar-refractivity contribution in [2.75, 3.05) is 6.61 Å². The first-order chi connectivity index (χ1) is 7.69. The minimum Gasteiger partial charge on any atom is -0.489 e. The van der Waals surface area contributed by atoms with E-state index in [1.807, 2.05) is 0 Å². The Balaban J connectivity index is 2.88.